The number of esters is 1. The first-order chi connectivity index (χ1) is 16.8. The highest BCUT2D eigenvalue weighted by atomic mass is 16.6. The molecule has 1 rings (SSSR count). The van der Waals surface area contributed by atoms with Crippen LogP contribution >= 0.6 is 0 Å². The molecule has 0 bridgehead atoms. The summed E-state index contributed by atoms with van der Waals surface area (Å²) in [5.41, 5.74) is 5.61. The minimum absolute atomic E-state index is 0.195. The third kappa shape index (κ3) is 10.0. The molecule has 2 atom stereocenters. The first kappa shape index (κ1) is 29.9. The zero-order chi connectivity index (χ0) is 27.5. The van der Waals surface area contributed by atoms with Crippen molar-refractivity contribution in [2.45, 2.75) is 58.2 Å². The van der Waals surface area contributed by atoms with E-state index in [-0.39, 0.29) is 12.8 Å². The highest BCUT2D eigenvalue weighted by molar-refractivity contribution is 5.93. The van der Waals surface area contributed by atoms with Crippen molar-refractivity contribution in [3.05, 3.63) is 35.4 Å². The van der Waals surface area contributed by atoms with Crippen molar-refractivity contribution in [2.75, 3.05) is 20.2 Å². The third-order valence-electron chi connectivity index (χ3n) is 4.78. The molecule has 4 amide bonds. The van der Waals surface area contributed by atoms with Gasteiger partial charge in [-0.3, -0.25) is 19.2 Å². The summed E-state index contributed by atoms with van der Waals surface area (Å²) in [6.07, 6.45) is -1.37. The number of benzene rings is 1. The first-order valence-corrected chi connectivity index (χ1v) is 11.2. The minimum atomic E-state index is -1.33. The van der Waals surface area contributed by atoms with Crippen molar-refractivity contribution in [3.63, 3.8) is 0 Å². The lowest BCUT2D eigenvalue weighted by Crippen LogP contribution is -2.53. The zero-order valence-electron chi connectivity index (χ0n) is 21.1. The maximum Gasteiger partial charge on any atom is 0.408 e. The van der Waals surface area contributed by atoms with Gasteiger partial charge in [0.1, 0.15) is 30.8 Å². The summed E-state index contributed by atoms with van der Waals surface area (Å²) in [6, 6.07) is 5.83. The van der Waals surface area contributed by atoms with E-state index in [1.165, 1.54) is 0 Å². The maximum absolute atomic E-state index is 13.6. The molecule has 1 aromatic rings. The van der Waals surface area contributed by atoms with Crippen LogP contribution in [0.3, 0.4) is 0 Å². The third-order valence-corrected chi connectivity index (χ3v) is 4.78. The molecule has 12 nitrogen and oxygen atoms in total. The second-order valence-electron chi connectivity index (χ2n) is 8.94. The van der Waals surface area contributed by atoms with Gasteiger partial charge in [-0.15, -0.1) is 0 Å². The van der Waals surface area contributed by atoms with E-state index in [9.17, 15) is 29.2 Å². The van der Waals surface area contributed by atoms with E-state index in [1.807, 2.05) is 13.0 Å². The van der Waals surface area contributed by atoms with Crippen molar-refractivity contribution in [2.24, 2.45) is 5.73 Å². The van der Waals surface area contributed by atoms with E-state index < -0.39 is 60.6 Å². The number of nitrogens with one attached hydrogen (secondary N) is 2. The number of hydrogen-bond donors (Lipinski definition) is 3. The Morgan fingerprint density at radius 2 is 1.75 bits per heavy atom. The zero-order valence-corrected chi connectivity index (χ0v) is 21.1. The van der Waals surface area contributed by atoms with Crippen molar-refractivity contribution in [1.82, 2.24) is 15.5 Å². The number of rotatable bonds is 11. The van der Waals surface area contributed by atoms with Crippen LogP contribution in [0.5, 0.6) is 0 Å². The first-order valence-electron chi connectivity index (χ1n) is 11.2. The van der Waals surface area contributed by atoms with Gasteiger partial charge in [0, 0.05) is 6.42 Å². The van der Waals surface area contributed by atoms with Gasteiger partial charge in [-0.2, -0.15) is 5.26 Å². The van der Waals surface area contributed by atoms with Crippen molar-refractivity contribution < 1.29 is 33.4 Å². The Hall–Kier alpha value is -4.14. The number of nitriles is 1. The van der Waals surface area contributed by atoms with Crippen LogP contribution < -0.4 is 16.4 Å². The average Bonchev–Trinajstić information content (AvgIpc) is 2.79. The number of amides is 4. The molecular weight excluding hydrogens is 470 g/mol. The van der Waals surface area contributed by atoms with Gasteiger partial charge in [-0.1, -0.05) is 29.8 Å². The number of nitrogens with two attached hydrogens (primary N) is 1. The number of primary amides is 1. The van der Waals surface area contributed by atoms with Gasteiger partial charge in [0.25, 0.3) is 0 Å². The summed E-state index contributed by atoms with van der Waals surface area (Å²) in [6.45, 7) is 5.73. The summed E-state index contributed by atoms with van der Waals surface area (Å²) < 4.78 is 9.76. The molecule has 12 heteroatoms. The Balaban J connectivity index is 3.42. The topological polar surface area (TPSA) is 181 Å². The summed E-state index contributed by atoms with van der Waals surface area (Å²) >= 11 is 0. The monoisotopic (exact) mass is 503 g/mol. The number of hydrogen-bond acceptors (Lipinski definition) is 8. The number of nitrogens with zero attached hydrogens (tertiary/aromatic N) is 2. The van der Waals surface area contributed by atoms with Gasteiger partial charge in [0.2, 0.25) is 17.7 Å². The van der Waals surface area contributed by atoms with Crippen LogP contribution in [0.15, 0.2) is 24.3 Å². The van der Waals surface area contributed by atoms with Gasteiger partial charge in [-0.05, 0) is 39.7 Å². The molecule has 0 aliphatic rings. The standard InChI is InChI=1S/C24H33N5O7/c1-15-6-8-16(9-7-15)20(21(32)27-14-19(31)35-5)29(13-12-25)22(33)17(10-11-18(26)30)28-23(34)36-24(2,3)4/h6-9,17,20H,10-11,13-14H2,1-5H3,(H2,26,30)(H,27,32)(H,28,34). The number of carbonyl (C=O) groups is 5. The van der Waals surface area contributed by atoms with Crippen LogP contribution in [0, 0.1) is 18.3 Å². The number of ether oxygens (including phenoxy) is 2. The molecule has 196 valence electrons. The summed E-state index contributed by atoms with van der Waals surface area (Å²) in [5.74, 6) is -2.99. The van der Waals surface area contributed by atoms with Crippen molar-refractivity contribution in [1.29, 1.82) is 5.26 Å². The lowest BCUT2D eigenvalue weighted by molar-refractivity contribution is -0.144. The summed E-state index contributed by atoms with van der Waals surface area (Å²) in [5, 5.41) is 14.3. The molecule has 0 saturated heterocycles. The maximum atomic E-state index is 13.6. The minimum Gasteiger partial charge on any atom is -0.468 e. The second-order valence-corrected chi connectivity index (χ2v) is 8.94. The van der Waals surface area contributed by atoms with E-state index in [4.69, 9.17) is 10.5 Å². The molecule has 36 heavy (non-hydrogen) atoms. The Kier molecular flexibility index (Phi) is 11.4. The Labute approximate surface area is 210 Å². The molecule has 0 radical (unpaired) electrons. The van der Waals surface area contributed by atoms with E-state index in [2.05, 4.69) is 15.4 Å². The average molecular weight is 504 g/mol. The molecule has 1 aromatic carbocycles. The fraction of sp³-hybridized carbons (Fsp3) is 0.500. The number of alkyl carbamates (subject to hydrolysis) is 1. The molecule has 0 heterocycles. The van der Waals surface area contributed by atoms with Crippen LogP contribution in [0.4, 0.5) is 4.79 Å². The molecular formula is C24H33N5O7. The van der Waals surface area contributed by atoms with E-state index in [0.29, 0.717) is 5.56 Å². The lowest BCUT2D eigenvalue weighted by Gasteiger charge is -2.32. The Bertz CT molecular complexity index is 996. The predicted molar refractivity (Wildman–Crippen MR) is 128 cm³/mol. The summed E-state index contributed by atoms with van der Waals surface area (Å²) in [4.78, 5) is 63.1. The lowest BCUT2D eigenvalue weighted by atomic mass is 10.0. The van der Waals surface area contributed by atoms with E-state index in [0.717, 1.165) is 17.6 Å². The number of methoxy groups -OCH3 is 1. The second kappa shape index (κ2) is 13.7. The van der Waals surface area contributed by atoms with Crippen LogP contribution in [0.25, 0.3) is 0 Å². The van der Waals surface area contributed by atoms with Crippen molar-refractivity contribution >= 4 is 29.8 Å². The van der Waals surface area contributed by atoms with Gasteiger partial charge in [0.15, 0.2) is 0 Å². The predicted octanol–water partition coefficient (Wildman–Crippen LogP) is 0.836. The highest BCUT2D eigenvalue weighted by Gasteiger charge is 2.36. The smallest absolute Gasteiger partial charge is 0.408 e. The molecule has 2 unspecified atom stereocenters. The normalized spacial score (nSPS) is 12.3. The molecule has 0 aromatic heterocycles. The highest BCUT2D eigenvalue weighted by Crippen LogP contribution is 2.23. The van der Waals surface area contributed by atoms with Gasteiger partial charge in [0.05, 0.1) is 13.2 Å². The quantitative estimate of drug-likeness (QED) is 0.293. The van der Waals surface area contributed by atoms with Gasteiger partial charge < -0.3 is 30.7 Å². The largest absolute Gasteiger partial charge is 0.468 e. The fourth-order valence-electron chi connectivity index (χ4n) is 3.12. The van der Waals surface area contributed by atoms with Crippen molar-refractivity contribution in [3.8, 4) is 6.07 Å². The van der Waals surface area contributed by atoms with Crippen LogP contribution in [-0.2, 0) is 28.7 Å². The van der Waals surface area contributed by atoms with Gasteiger partial charge in [-0.25, -0.2) is 4.79 Å². The Morgan fingerprint density at radius 1 is 1.14 bits per heavy atom. The van der Waals surface area contributed by atoms with Gasteiger partial charge >= 0.3 is 12.1 Å². The van der Waals surface area contributed by atoms with E-state index >= 15 is 0 Å². The SMILES string of the molecule is COC(=O)CNC(=O)C(c1ccc(C)cc1)N(CC#N)C(=O)C(CCC(N)=O)NC(=O)OC(C)(C)C. The molecule has 4 N–H and O–H groups in total. The number of aryl methyl sites for hydroxylation is 1. The van der Waals surface area contributed by atoms with Crippen LogP contribution in [0.1, 0.15) is 50.8 Å². The fourth-order valence-corrected chi connectivity index (χ4v) is 3.12. The van der Waals surface area contributed by atoms with E-state index in [1.54, 1.807) is 45.0 Å². The Morgan fingerprint density at radius 3 is 2.25 bits per heavy atom. The molecule has 0 aliphatic heterocycles. The molecule has 0 spiro atoms. The molecule has 0 fully saturated rings. The van der Waals surface area contributed by atoms with Crippen LogP contribution in [0.2, 0.25) is 0 Å². The number of carbonyl (C=O) groups excluding carboxylic acids is 5. The molecule has 0 saturated carbocycles. The molecule has 0 aliphatic carbocycles. The summed E-state index contributed by atoms with van der Waals surface area (Å²) in [7, 11) is 1.16. The van der Waals surface area contributed by atoms with Crippen LogP contribution in [-0.4, -0.2) is 66.5 Å².